The van der Waals surface area contributed by atoms with Crippen LogP contribution in [0.1, 0.15) is 71.1 Å². The van der Waals surface area contributed by atoms with Crippen LogP contribution in [0.15, 0.2) is 0 Å². The largest absolute Gasteiger partial charge is 0.387 e. The average molecular weight is 367 g/mol. The van der Waals surface area contributed by atoms with Crippen molar-refractivity contribution in [3.05, 3.63) is 0 Å². The van der Waals surface area contributed by atoms with Crippen molar-refractivity contribution in [3.8, 4) is 0 Å². The Morgan fingerprint density at radius 3 is 2.38 bits per heavy atom. The van der Waals surface area contributed by atoms with Crippen LogP contribution in [-0.4, -0.2) is 71.8 Å². The minimum Gasteiger partial charge on any atom is -0.387 e. The van der Waals surface area contributed by atoms with E-state index in [2.05, 4.69) is 16.7 Å². The zero-order chi connectivity index (χ0) is 18.4. The normalized spacial score (nSPS) is 29.2. The fraction of sp³-hybridized carbons (Fsp3) is 0.952. The minimum absolute atomic E-state index is 0.0482. The molecule has 0 unspecified atom stereocenters. The standard InChI is InChI=1S/C21H38N2O3/c1-2-26-16-17-8-9-20(14-17)22-12-10-19(11-13-22)23(21(25)15-24)18-6-4-3-5-7-18/h17-20,24H,2-16H2,1H3/t17-,20+/m1/s1. The van der Waals surface area contributed by atoms with Gasteiger partial charge in [-0.15, -0.1) is 0 Å². The molecule has 1 aliphatic heterocycles. The Morgan fingerprint density at radius 1 is 1.04 bits per heavy atom. The first-order valence-corrected chi connectivity index (χ1v) is 11.0. The summed E-state index contributed by atoms with van der Waals surface area (Å²) < 4.78 is 5.62. The molecular formula is C21H38N2O3. The molecule has 2 saturated carbocycles. The predicted molar refractivity (Wildman–Crippen MR) is 103 cm³/mol. The first-order valence-electron chi connectivity index (χ1n) is 11.0. The molecule has 3 rings (SSSR count). The van der Waals surface area contributed by atoms with Gasteiger partial charge in [-0.05, 0) is 57.8 Å². The average Bonchev–Trinajstić information content (AvgIpc) is 3.17. The Morgan fingerprint density at radius 2 is 1.73 bits per heavy atom. The van der Waals surface area contributed by atoms with Gasteiger partial charge < -0.3 is 19.6 Å². The molecule has 2 aliphatic carbocycles. The van der Waals surface area contributed by atoms with Gasteiger partial charge in [-0.25, -0.2) is 0 Å². The topological polar surface area (TPSA) is 53.0 Å². The summed E-state index contributed by atoms with van der Waals surface area (Å²) in [7, 11) is 0. The summed E-state index contributed by atoms with van der Waals surface area (Å²) in [6.45, 7) is 5.67. The van der Waals surface area contributed by atoms with E-state index < -0.39 is 0 Å². The van der Waals surface area contributed by atoms with Crippen LogP contribution in [0.3, 0.4) is 0 Å². The van der Waals surface area contributed by atoms with E-state index in [1.807, 2.05) is 0 Å². The van der Waals surface area contributed by atoms with Crippen LogP contribution in [0.2, 0.25) is 0 Å². The van der Waals surface area contributed by atoms with Gasteiger partial charge in [0.1, 0.15) is 6.61 Å². The van der Waals surface area contributed by atoms with Crippen LogP contribution in [0, 0.1) is 5.92 Å². The number of aliphatic hydroxyl groups is 1. The van der Waals surface area contributed by atoms with Crippen molar-refractivity contribution >= 4 is 5.91 Å². The molecule has 5 nitrogen and oxygen atoms in total. The highest BCUT2D eigenvalue weighted by molar-refractivity contribution is 5.78. The lowest BCUT2D eigenvalue weighted by molar-refractivity contribution is -0.141. The Hall–Kier alpha value is -0.650. The lowest BCUT2D eigenvalue weighted by atomic mass is 9.91. The summed E-state index contributed by atoms with van der Waals surface area (Å²) in [4.78, 5) is 17.2. The number of hydrogen-bond acceptors (Lipinski definition) is 4. The number of amides is 1. The smallest absolute Gasteiger partial charge is 0.248 e. The zero-order valence-electron chi connectivity index (χ0n) is 16.6. The summed E-state index contributed by atoms with van der Waals surface area (Å²) in [5.74, 6) is 0.681. The number of carbonyl (C=O) groups is 1. The third kappa shape index (κ3) is 4.99. The van der Waals surface area contributed by atoms with Crippen molar-refractivity contribution < 1.29 is 14.6 Å². The van der Waals surface area contributed by atoms with Crippen LogP contribution in [-0.2, 0) is 9.53 Å². The third-order valence-corrected chi connectivity index (χ3v) is 6.87. The summed E-state index contributed by atoms with van der Waals surface area (Å²) >= 11 is 0. The molecule has 1 N–H and O–H groups in total. The molecule has 0 aromatic carbocycles. The molecule has 5 heteroatoms. The first-order chi connectivity index (χ1) is 12.7. The van der Waals surface area contributed by atoms with Gasteiger partial charge in [-0.1, -0.05) is 19.3 Å². The molecule has 1 amide bonds. The van der Waals surface area contributed by atoms with Crippen molar-refractivity contribution in [2.75, 3.05) is 32.9 Å². The van der Waals surface area contributed by atoms with E-state index in [0.717, 1.165) is 57.9 Å². The molecule has 0 aromatic heterocycles. The zero-order valence-corrected chi connectivity index (χ0v) is 16.6. The Balaban J connectivity index is 1.50. The Bertz CT molecular complexity index is 431. The van der Waals surface area contributed by atoms with Crippen molar-refractivity contribution in [2.24, 2.45) is 5.92 Å². The molecule has 3 fully saturated rings. The molecule has 26 heavy (non-hydrogen) atoms. The maximum absolute atomic E-state index is 12.4. The third-order valence-electron chi connectivity index (χ3n) is 6.87. The molecule has 2 atom stereocenters. The number of aliphatic hydroxyl groups excluding tert-OH is 1. The van der Waals surface area contributed by atoms with E-state index in [-0.39, 0.29) is 12.5 Å². The molecule has 1 saturated heterocycles. The van der Waals surface area contributed by atoms with Crippen LogP contribution < -0.4 is 0 Å². The van der Waals surface area contributed by atoms with E-state index in [9.17, 15) is 9.90 Å². The molecule has 0 bridgehead atoms. The van der Waals surface area contributed by atoms with Crippen molar-refractivity contribution in [1.82, 2.24) is 9.80 Å². The second-order valence-corrected chi connectivity index (χ2v) is 8.51. The highest BCUT2D eigenvalue weighted by Gasteiger charge is 2.36. The van der Waals surface area contributed by atoms with E-state index >= 15 is 0 Å². The van der Waals surface area contributed by atoms with Gasteiger partial charge in [0.15, 0.2) is 0 Å². The molecule has 0 aromatic rings. The lowest BCUT2D eigenvalue weighted by Gasteiger charge is -2.44. The van der Waals surface area contributed by atoms with Gasteiger partial charge in [0.05, 0.1) is 0 Å². The fourth-order valence-electron chi connectivity index (χ4n) is 5.49. The molecule has 3 aliphatic rings. The molecule has 0 radical (unpaired) electrons. The van der Waals surface area contributed by atoms with Gasteiger partial charge in [-0.3, -0.25) is 4.79 Å². The Labute approximate surface area is 159 Å². The number of likely N-dealkylation sites (tertiary alicyclic amines) is 1. The van der Waals surface area contributed by atoms with Gasteiger partial charge >= 0.3 is 0 Å². The second kappa shape index (κ2) is 10.0. The summed E-state index contributed by atoms with van der Waals surface area (Å²) in [6, 6.07) is 1.40. The summed E-state index contributed by atoms with van der Waals surface area (Å²) in [5, 5.41) is 9.48. The van der Waals surface area contributed by atoms with Gasteiger partial charge in [-0.2, -0.15) is 0 Å². The van der Waals surface area contributed by atoms with Crippen molar-refractivity contribution in [3.63, 3.8) is 0 Å². The molecule has 150 valence electrons. The molecule has 0 spiro atoms. The minimum atomic E-state index is -0.335. The predicted octanol–water partition coefficient (Wildman–Crippen LogP) is 2.81. The highest BCUT2D eigenvalue weighted by atomic mass is 16.5. The quantitative estimate of drug-likeness (QED) is 0.753. The monoisotopic (exact) mass is 366 g/mol. The lowest BCUT2D eigenvalue weighted by Crippen LogP contribution is -2.54. The van der Waals surface area contributed by atoms with Crippen molar-refractivity contribution in [1.29, 1.82) is 0 Å². The number of ether oxygens (including phenoxy) is 1. The molecular weight excluding hydrogens is 328 g/mol. The highest BCUT2D eigenvalue weighted by Crippen LogP contribution is 2.33. The van der Waals surface area contributed by atoms with Crippen LogP contribution in [0.25, 0.3) is 0 Å². The van der Waals surface area contributed by atoms with E-state index in [4.69, 9.17) is 4.74 Å². The number of piperidine rings is 1. The SMILES string of the molecule is CCOC[C@@H]1CC[C@H](N2CCC(N(C(=O)CO)C3CCCCC3)CC2)C1. The first kappa shape index (κ1) is 20.1. The van der Waals surface area contributed by atoms with Crippen LogP contribution in [0.4, 0.5) is 0 Å². The molecule has 1 heterocycles. The van der Waals surface area contributed by atoms with E-state index in [1.54, 1.807) is 0 Å². The van der Waals surface area contributed by atoms with Gasteiger partial charge in [0.25, 0.3) is 0 Å². The number of nitrogens with zero attached hydrogens (tertiary/aromatic N) is 2. The number of rotatable bonds is 7. The van der Waals surface area contributed by atoms with E-state index in [1.165, 1.54) is 38.5 Å². The fourth-order valence-corrected chi connectivity index (χ4v) is 5.49. The maximum atomic E-state index is 12.4. The van der Waals surface area contributed by atoms with Crippen molar-refractivity contribution in [2.45, 2.75) is 89.3 Å². The summed E-state index contributed by atoms with van der Waals surface area (Å²) in [6.07, 6.45) is 12.0. The maximum Gasteiger partial charge on any atom is 0.248 e. The van der Waals surface area contributed by atoms with Gasteiger partial charge in [0.2, 0.25) is 5.91 Å². The van der Waals surface area contributed by atoms with Gasteiger partial charge in [0, 0.05) is 44.4 Å². The number of hydrogen-bond donors (Lipinski definition) is 1. The van der Waals surface area contributed by atoms with Crippen LogP contribution >= 0.6 is 0 Å². The Kier molecular flexibility index (Phi) is 7.77. The second-order valence-electron chi connectivity index (χ2n) is 8.51. The van der Waals surface area contributed by atoms with Crippen LogP contribution in [0.5, 0.6) is 0 Å². The summed E-state index contributed by atoms with van der Waals surface area (Å²) in [5.41, 5.74) is 0. The number of carbonyl (C=O) groups excluding carboxylic acids is 1. The van der Waals surface area contributed by atoms with E-state index in [0.29, 0.717) is 18.1 Å².